The van der Waals surface area contributed by atoms with Crippen molar-refractivity contribution < 1.29 is 4.79 Å². The predicted molar refractivity (Wildman–Crippen MR) is 112 cm³/mol. The van der Waals surface area contributed by atoms with Crippen LogP contribution in [0.1, 0.15) is 38.8 Å². The number of hydrogen-bond donors (Lipinski definition) is 0. The number of nitrogens with zero attached hydrogens (tertiary/aromatic N) is 2. The molecule has 0 aliphatic heterocycles. The van der Waals surface area contributed by atoms with Gasteiger partial charge in [0.15, 0.2) is 0 Å². The fourth-order valence-corrected chi connectivity index (χ4v) is 3.34. The maximum absolute atomic E-state index is 12.4. The zero-order valence-corrected chi connectivity index (χ0v) is 16.7. The predicted octanol–water partition coefficient (Wildman–Crippen LogP) is 4.73. The van der Waals surface area contributed by atoms with Crippen molar-refractivity contribution in [1.29, 1.82) is 0 Å². The van der Waals surface area contributed by atoms with Crippen LogP contribution in [-0.4, -0.2) is 32.0 Å². The smallest absolute Gasteiger partial charge is 0.141 e. The van der Waals surface area contributed by atoms with Crippen LogP contribution in [0.15, 0.2) is 48.5 Å². The number of ketones is 1. The van der Waals surface area contributed by atoms with E-state index in [0.717, 1.165) is 37.3 Å². The Morgan fingerprint density at radius 2 is 0.923 bits per heavy atom. The molecule has 0 spiro atoms. The minimum absolute atomic E-state index is 0.260. The Morgan fingerprint density at radius 1 is 0.615 bits per heavy atom. The molecule has 0 bridgehead atoms. The molecule has 0 unspecified atom stereocenters. The van der Waals surface area contributed by atoms with E-state index in [4.69, 9.17) is 0 Å². The number of anilines is 2. The highest BCUT2D eigenvalue weighted by Gasteiger charge is 2.08. The average Bonchev–Trinajstić information content (AvgIpc) is 2.66. The average molecular weight is 353 g/mol. The number of benzene rings is 2. The van der Waals surface area contributed by atoms with Gasteiger partial charge in [-0.3, -0.25) is 4.79 Å². The molecule has 0 saturated carbocycles. The van der Waals surface area contributed by atoms with Gasteiger partial charge in [0.1, 0.15) is 5.78 Å². The summed E-state index contributed by atoms with van der Waals surface area (Å²) in [6.45, 7) is 12.6. The summed E-state index contributed by atoms with van der Waals surface area (Å²) in [4.78, 5) is 17.0. The summed E-state index contributed by atoms with van der Waals surface area (Å²) in [5.41, 5.74) is 4.62. The summed E-state index contributed by atoms with van der Waals surface area (Å²) < 4.78 is 0. The summed E-state index contributed by atoms with van der Waals surface area (Å²) in [6, 6.07) is 16.8. The first-order chi connectivity index (χ1) is 12.6. The molecular formula is C23H32N2O. The van der Waals surface area contributed by atoms with Gasteiger partial charge in [-0.25, -0.2) is 0 Å². The van der Waals surface area contributed by atoms with Crippen molar-refractivity contribution in [2.24, 2.45) is 0 Å². The molecule has 26 heavy (non-hydrogen) atoms. The Labute approximate surface area is 158 Å². The minimum atomic E-state index is 0.260. The first-order valence-corrected chi connectivity index (χ1v) is 9.80. The SMILES string of the molecule is CCN(CC)c1ccc(CC(=O)Cc2ccc(N(CC)CC)cc2)cc1. The lowest BCUT2D eigenvalue weighted by Gasteiger charge is -2.21. The van der Waals surface area contributed by atoms with E-state index in [9.17, 15) is 4.79 Å². The molecule has 0 radical (unpaired) electrons. The van der Waals surface area contributed by atoms with Gasteiger partial charge in [-0.1, -0.05) is 24.3 Å². The molecule has 0 aliphatic carbocycles. The Bertz CT molecular complexity index is 609. The molecule has 140 valence electrons. The van der Waals surface area contributed by atoms with Gasteiger partial charge >= 0.3 is 0 Å². The third-order valence-corrected chi connectivity index (χ3v) is 4.93. The first-order valence-electron chi connectivity index (χ1n) is 9.80. The summed E-state index contributed by atoms with van der Waals surface area (Å²) >= 11 is 0. The van der Waals surface area contributed by atoms with E-state index in [1.165, 1.54) is 11.4 Å². The Morgan fingerprint density at radius 3 is 1.19 bits per heavy atom. The van der Waals surface area contributed by atoms with Gasteiger partial charge in [-0.15, -0.1) is 0 Å². The van der Waals surface area contributed by atoms with Gasteiger partial charge in [0.05, 0.1) is 0 Å². The van der Waals surface area contributed by atoms with Gasteiger partial charge in [-0.2, -0.15) is 0 Å². The molecule has 0 amide bonds. The van der Waals surface area contributed by atoms with E-state index in [1.807, 2.05) is 0 Å². The summed E-state index contributed by atoms with van der Waals surface area (Å²) in [6.07, 6.45) is 0.993. The number of carbonyl (C=O) groups is 1. The van der Waals surface area contributed by atoms with Crippen molar-refractivity contribution in [3.8, 4) is 0 Å². The van der Waals surface area contributed by atoms with Crippen LogP contribution < -0.4 is 9.80 Å². The van der Waals surface area contributed by atoms with Crippen molar-refractivity contribution in [3.05, 3.63) is 59.7 Å². The summed E-state index contributed by atoms with van der Waals surface area (Å²) in [5, 5.41) is 0. The quantitative estimate of drug-likeness (QED) is 0.617. The van der Waals surface area contributed by atoms with Crippen LogP contribution in [0.3, 0.4) is 0 Å². The lowest BCUT2D eigenvalue weighted by Crippen LogP contribution is -2.21. The molecule has 0 saturated heterocycles. The lowest BCUT2D eigenvalue weighted by atomic mass is 10.0. The maximum atomic E-state index is 12.4. The monoisotopic (exact) mass is 352 g/mol. The van der Waals surface area contributed by atoms with E-state index in [-0.39, 0.29) is 5.78 Å². The van der Waals surface area contributed by atoms with Crippen LogP contribution >= 0.6 is 0 Å². The third kappa shape index (κ3) is 5.35. The molecule has 2 aromatic rings. The molecule has 3 heteroatoms. The second-order valence-electron chi connectivity index (χ2n) is 6.57. The topological polar surface area (TPSA) is 23.6 Å². The van der Waals surface area contributed by atoms with Crippen molar-refractivity contribution in [2.75, 3.05) is 36.0 Å². The van der Waals surface area contributed by atoms with Gasteiger partial charge in [-0.05, 0) is 63.1 Å². The Hall–Kier alpha value is -2.29. The third-order valence-electron chi connectivity index (χ3n) is 4.93. The molecule has 0 N–H and O–H groups in total. The van der Waals surface area contributed by atoms with Gasteiger partial charge < -0.3 is 9.80 Å². The number of rotatable bonds is 10. The van der Waals surface area contributed by atoms with Gasteiger partial charge in [0, 0.05) is 50.4 Å². The van der Waals surface area contributed by atoms with Crippen molar-refractivity contribution >= 4 is 17.2 Å². The number of Topliss-reactive ketones (excluding diaryl/α,β-unsaturated/α-hetero) is 1. The summed E-state index contributed by atoms with van der Waals surface area (Å²) in [5.74, 6) is 0.260. The molecule has 2 aromatic carbocycles. The second kappa shape index (κ2) is 10.0. The van der Waals surface area contributed by atoms with Crippen LogP contribution in [0.4, 0.5) is 11.4 Å². The lowest BCUT2D eigenvalue weighted by molar-refractivity contribution is -0.117. The standard InChI is InChI=1S/C23H32N2O/c1-5-24(6-2)21-13-9-19(10-14-21)17-23(26)18-20-11-15-22(16-12-20)25(7-3)8-4/h9-16H,5-8,17-18H2,1-4H3. The first kappa shape index (κ1) is 20.0. The molecule has 0 aromatic heterocycles. The zero-order chi connectivity index (χ0) is 18.9. The van der Waals surface area contributed by atoms with Crippen molar-refractivity contribution in [1.82, 2.24) is 0 Å². The molecule has 0 heterocycles. The van der Waals surface area contributed by atoms with Crippen LogP contribution in [0.25, 0.3) is 0 Å². The molecule has 0 fully saturated rings. The van der Waals surface area contributed by atoms with Gasteiger partial charge in [0.2, 0.25) is 0 Å². The van der Waals surface area contributed by atoms with E-state index >= 15 is 0 Å². The van der Waals surface area contributed by atoms with E-state index in [1.54, 1.807) is 0 Å². The highest BCUT2D eigenvalue weighted by Crippen LogP contribution is 2.17. The molecule has 2 rings (SSSR count). The van der Waals surface area contributed by atoms with Crippen LogP contribution in [-0.2, 0) is 17.6 Å². The number of carbonyl (C=O) groups excluding carboxylic acids is 1. The molecule has 0 atom stereocenters. The number of hydrogen-bond acceptors (Lipinski definition) is 3. The maximum Gasteiger partial charge on any atom is 0.141 e. The van der Waals surface area contributed by atoms with Crippen LogP contribution in [0, 0.1) is 0 Å². The zero-order valence-electron chi connectivity index (χ0n) is 16.7. The molecule has 3 nitrogen and oxygen atoms in total. The highest BCUT2D eigenvalue weighted by molar-refractivity contribution is 5.83. The molecular weight excluding hydrogens is 320 g/mol. The Kier molecular flexibility index (Phi) is 7.71. The highest BCUT2D eigenvalue weighted by atomic mass is 16.1. The van der Waals surface area contributed by atoms with Crippen LogP contribution in [0.2, 0.25) is 0 Å². The van der Waals surface area contributed by atoms with E-state index < -0.39 is 0 Å². The largest absolute Gasteiger partial charge is 0.372 e. The van der Waals surface area contributed by atoms with Crippen LogP contribution in [0.5, 0.6) is 0 Å². The van der Waals surface area contributed by atoms with E-state index in [2.05, 4.69) is 86.0 Å². The fourth-order valence-electron chi connectivity index (χ4n) is 3.34. The molecule has 0 aliphatic rings. The normalized spacial score (nSPS) is 10.6. The second-order valence-corrected chi connectivity index (χ2v) is 6.57. The van der Waals surface area contributed by atoms with Gasteiger partial charge in [0.25, 0.3) is 0 Å². The fraction of sp³-hybridized carbons (Fsp3) is 0.435. The Balaban J connectivity index is 1.94. The minimum Gasteiger partial charge on any atom is -0.372 e. The van der Waals surface area contributed by atoms with Crippen molar-refractivity contribution in [2.45, 2.75) is 40.5 Å². The van der Waals surface area contributed by atoms with Crippen molar-refractivity contribution in [3.63, 3.8) is 0 Å². The van der Waals surface area contributed by atoms with E-state index in [0.29, 0.717) is 12.8 Å². The summed E-state index contributed by atoms with van der Waals surface area (Å²) in [7, 11) is 0.